The van der Waals surface area contributed by atoms with E-state index in [-0.39, 0.29) is 6.61 Å². The Balaban J connectivity index is 1.69. The molecule has 0 spiro atoms. The molecule has 0 saturated carbocycles. The molecule has 26 heavy (non-hydrogen) atoms. The average Bonchev–Trinajstić information content (AvgIpc) is 3.01. The first-order chi connectivity index (χ1) is 12.5. The van der Waals surface area contributed by atoms with Crippen molar-refractivity contribution in [3.8, 4) is 0 Å². The molecule has 1 aliphatic rings. The van der Waals surface area contributed by atoms with Crippen LogP contribution in [-0.2, 0) is 6.54 Å². The van der Waals surface area contributed by atoms with Gasteiger partial charge in [-0.25, -0.2) is 4.98 Å². The van der Waals surface area contributed by atoms with E-state index in [4.69, 9.17) is 4.98 Å². The minimum Gasteiger partial charge on any atom is -0.396 e. The Morgan fingerprint density at radius 3 is 2.85 bits per heavy atom. The number of rotatable bonds is 6. The van der Waals surface area contributed by atoms with Crippen molar-refractivity contribution in [2.45, 2.75) is 46.7 Å². The summed E-state index contributed by atoms with van der Waals surface area (Å²) in [6.07, 6.45) is 3.11. The molecule has 1 aromatic carbocycles. The highest BCUT2D eigenvalue weighted by molar-refractivity contribution is 5.79. The van der Waals surface area contributed by atoms with E-state index in [0.717, 1.165) is 56.0 Å². The Bertz CT molecular complexity index is 776. The number of piperazine rings is 1. The first-order valence-corrected chi connectivity index (χ1v) is 9.63. The monoisotopic (exact) mass is 356 g/mol. The third-order valence-corrected chi connectivity index (χ3v) is 5.49. The minimum absolute atomic E-state index is 0.243. The van der Waals surface area contributed by atoms with Crippen molar-refractivity contribution in [2.24, 2.45) is 0 Å². The van der Waals surface area contributed by atoms with E-state index in [9.17, 15) is 5.11 Å². The van der Waals surface area contributed by atoms with Crippen LogP contribution >= 0.6 is 0 Å². The molecule has 2 N–H and O–H groups in total. The lowest BCUT2D eigenvalue weighted by molar-refractivity contribution is 0.0625. The number of aryl methyl sites for hydroxylation is 2. The van der Waals surface area contributed by atoms with Crippen LogP contribution in [0.2, 0.25) is 0 Å². The van der Waals surface area contributed by atoms with Gasteiger partial charge in [-0.2, -0.15) is 0 Å². The lowest BCUT2D eigenvalue weighted by atomic mass is 10.1. The van der Waals surface area contributed by atoms with E-state index in [1.165, 1.54) is 16.7 Å². The molecular formula is C21H32N4O. The molecule has 5 heteroatoms. The Morgan fingerprint density at radius 1 is 1.31 bits per heavy atom. The molecule has 1 saturated heterocycles. The lowest BCUT2D eigenvalue weighted by Crippen LogP contribution is -2.53. The molecule has 3 rings (SSSR count). The first-order valence-electron chi connectivity index (χ1n) is 9.63. The molecule has 142 valence electrons. The number of aliphatic hydroxyl groups excluding tert-OH is 1. The maximum atomic E-state index is 9.46. The molecule has 1 atom stereocenters. The maximum Gasteiger partial charge on any atom is 0.121 e. The van der Waals surface area contributed by atoms with Gasteiger partial charge in [0.1, 0.15) is 5.82 Å². The summed E-state index contributed by atoms with van der Waals surface area (Å²) in [7, 11) is 0. The molecule has 1 fully saturated rings. The maximum absolute atomic E-state index is 9.46. The summed E-state index contributed by atoms with van der Waals surface area (Å²) >= 11 is 0. The number of nitrogens with one attached hydrogen (secondary N) is 1. The van der Waals surface area contributed by atoms with Crippen LogP contribution in [0.3, 0.4) is 0 Å². The third kappa shape index (κ3) is 4.34. The number of nitrogens with zero attached hydrogens (tertiary/aromatic N) is 3. The van der Waals surface area contributed by atoms with Crippen LogP contribution in [0.4, 0.5) is 0 Å². The van der Waals surface area contributed by atoms with Crippen molar-refractivity contribution in [3.63, 3.8) is 0 Å². The summed E-state index contributed by atoms with van der Waals surface area (Å²) in [6.45, 7) is 13.7. The zero-order chi connectivity index (χ0) is 18.7. The lowest BCUT2D eigenvalue weighted by Gasteiger charge is -2.40. The molecule has 0 aliphatic carbocycles. The summed E-state index contributed by atoms with van der Waals surface area (Å²) in [5.41, 5.74) is 6.11. The predicted molar refractivity (Wildman–Crippen MR) is 107 cm³/mol. The zero-order valence-electron chi connectivity index (χ0n) is 16.5. The molecule has 1 aliphatic heterocycles. The number of hydrogen-bond donors (Lipinski definition) is 2. The van der Waals surface area contributed by atoms with Gasteiger partial charge >= 0.3 is 0 Å². The van der Waals surface area contributed by atoms with Crippen molar-refractivity contribution in [3.05, 3.63) is 40.7 Å². The van der Waals surface area contributed by atoms with Gasteiger partial charge in [-0.15, -0.1) is 0 Å². The molecule has 0 amide bonds. The smallest absolute Gasteiger partial charge is 0.121 e. The SMILES string of the molecule is CC(C)=CCN1CCN(Cc2nc3c(C)c(C)ccc3[nH]2)CC1CCO. The van der Waals surface area contributed by atoms with E-state index >= 15 is 0 Å². The topological polar surface area (TPSA) is 55.4 Å². The van der Waals surface area contributed by atoms with E-state index in [0.29, 0.717) is 6.04 Å². The minimum atomic E-state index is 0.243. The molecule has 2 aromatic rings. The van der Waals surface area contributed by atoms with Crippen molar-refractivity contribution >= 4 is 11.0 Å². The second-order valence-corrected chi connectivity index (χ2v) is 7.76. The normalized spacial score (nSPS) is 19.2. The van der Waals surface area contributed by atoms with Crippen molar-refractivity contribution in [2.75, 3.05) is 32.8 Å². The summed E-state index contributed by atoms with van der Waals surface area (Å²) in [5, 5.41) is 9.46. The second-order valence-electron chi connectivity index (χ2n) is 7.76. The van der Waals surface area contributed by atoms with Gasteiger partial charge in [0, 0.05) is 38.8 Å². The number of allylic oxidation sites excluding steroid dienone is 1. The van der Waals surface area contributed by atoms with Crippen LogP contribution in [0.1, 0.15) is 37.2 Å². The number of H-pyrrole nitrogens is 1. The fraction of sp³-hybridized carbons (Fsp3) is 0.571. The number of aromatic amines is 1. The number of aliphatic hydroxyl groups is 1. The van der Waals surface area contributed by atoms with E-state index in [1.807, 2.05) is 0 Å². The highest BCUT2D eigenvalue weighted by Crippen LogP contribution is 2.21. The van der Waals surface area contributed by atoms with Gasteiger partial charge in [-0.1, -0.05) is 17.7 Å². The Labute approximate surface area is 156 Å². The quantitative estimate of drug-likeness (QED) is 0.781. The predicted octanol–water partition coefficient (Wildman–Crippen LogP) is 3.01. The Kier molecular flexibility index (Phi) is 6.12. The van der Waals surface area contributed by atoms with Crippen LogP contribution in [0.5, 0.6) is 0 Å². The van der Waals surface area contributed by atoms with Gasteiger partial charge in [0.05, 0.1) is 17.6 Å². The van der Waals surface area contributed by atoms with Crippen LogP contribution in [0.15, 0.2) is 23.8 Å². The second kappa shape index (κ2) is 8.33. The van der Waals surface area contributed by atoms with Crippen LogP contribution in [0.25, 0.3) is 11.0 Å². The van der Waals surface area contributed by atoms with Crippen LogP contribution in [0, 0.1) is 13.8 Å². The highest BCUT2D eigenvalue weighted by Gasteiger charge is 2.26. The first kappa shape index (κ1) is 19.1. The number of aromatic nitrogens is 2. The molecule has 0 radical (unpaired) electrons. The molecule has 1 aromatic heterocycles. The van der Waals surface area contributed by atoms with Crippen molar-refractivity contribution in [1.82, 2.24) is 19.8 Å². The summed E-state index contributed by atoms with van der Waals surface area (Å²) < 4.78 is 0. The van der Waals surface area contributed by atoms with Crippen molar-refractivity contribution in [1.29, 1.82) is 0 Å². The Morgan fingerprint density at radius 2 is 2.12 bits per heavy atom. The fourth-order valence-electron chi connectivity index (χ4n) is 3.71. The number of benzene rings is 1. The highest BCUT2D eigenvalue weighted by atomic mass is 16.3. The average molecular weight is 357 g/mol. The van der Waals surface area contributed by atoms with E-state index in [1.54, 1.807) is 0 Å². The van der Waals surface area contributed by atoms with Gasteiger partial charge in [0.25, 0.3) is 0 Å². The standard InChI is InChI=1S/C21H32N4O/c1-15(2)7-9-25-11-10-24(13-18(25)8-12-26)14-20-22-19-6-5-16(3)17(4)21(19)23-20/h5-7,18,26H,8-14H2,1-4H3,(H,22,23). The summed E-state index contributed by atoms with van der Waals surface area (Å²) in [6, 6.07) is 4.68. The molecule has 2 heterocycles. The molecular weight excluding hydrogens is 324 g/mol. The van der Waals surface area contributed by atoms with E-state index < -0.39 is 0 Å². The molecule has 5 nitrogen and oxygen atoms in total. The number of hydrogen-bond acceptors (Lipinski definition) is 4. The van der Waals surface area contributed by atoms with Gasteiger partial charge < -0.3 is 10.1 Å². The number of fused-ring (bicyclic) bond motifs is 1. The molecule has 0 bridgehead atoms. The fourth-order valence-corrected chi connectivity index (χ4v) is 3.71. The Hall–Kier alpha value is -1.69. The summed E-state index contributed by atoms with van der Waals surface area (Å²) in [5.74, 6) is 1.04. The van der Waals surface area contributed by atoms with Gasteiger partial charge in [0.15, 0.2) is 0 Å². The third-order valence-electron chi connectivity index (χ3n) is 5.49. The van der Waals surface area contributed by atoms with Crippen LogP contribution in [-0.4, -0.2) is 63.7 Å². The van der Waals surface area contributed by atoms with Crippen LogP contribution < -0.4 is 0 Å². The zero-order valence-corrected chi connectivity index (χ0v) is 16.5. The van der Waals surface area contributed by atoms with Gasteiger partial charge in [-0.3, -0.25) is 9.80 Å². The van der Waals surface area contributed by atoms with Crippen molar-refractivity contribution < 1.29 is 5.11 Å². The summed E-state index contributed by atoms with van der Waals surface area (Å²) in [4.78, 5) is 13.3. The van der Waals surface area contributed by atoms with Gasteiger partial charge in [-0.05, 0) is 51.3 Å². The van der Waals surface area contributed by atoms with Gasteiger partial charge in [0.2, 0.25) is 0 Å². The largest absolute Gasteiger partial charge is 0.396 e. The number of imidazole rings is 1. The molecule has 1 unspecified atom stereocenters. The van der Waals surface area contributed by atoms with E-state index in [2.05, 4.69) is 60.7 Å².